The molecule has 1 aliphatic rings. The van der Waals surface area contributed by atoms with Crippen LogP contribution in [0.5, 0.6) is 0 Å². The lowest BCUT2D eigenvalue weighted by Gasteiger charge is -2.29. The Morgan fingerprint density at radius 2 is 2.19 bits per heavy atom. The molecule has 0 spiro atoms. The SMILES string of the molecule is CCN1CCc2c(cccc2Nc2ccc(C#N)nn2)C1. The van der Waals surface area contributed by atoms with Crippen molar-refractivity contribution in [2.24, 2.45) is 0 Å². The van der Waals surface area contributed by atoms with E-state index in [2.05, 4.69) is 45.5 Å². The molecule has 0 amide bonds. The van der Waals surface area contributed by atoms with E-state index in [1.54, 1.807) is 12.1 Å². The van der Waals surface area contributed by atoms with E-state index in [4.69, 9.17) is 5.26 Å². The van der Waals surface area contributed by atoms with Gasteiger partial charge in [0.25, 0.3) is 0 Å². The summed E-state index contributed by atoms with van der Waals surface area (Å²) < 4.78 is 0. The fourth-order valence-electron chi connectivity index (χ4n) is 2.65. The van der Waals surface area contributed by atoms with Gasteiger partial charge in [-0.3, -0.25) is 4.90 Å². The van der Waals surface area contributed by atoms with E-state index in [1.165, 1.54) is 11.1 Å². The Labute approximate surface area is 124 Å². The molecule has 0 atom stereocenters. The van der Waals surface area contributed by atoms with E-state index in [0.717, 1.165) is 31.7 Å². The lowest BCUT2D eigenvalue weighted by molar-refractivity contribution is 0.268. The minimum Gasteiger partial charge on any atom is -0.338 e. The van der Waals surface area contributed by atoms with Gasteiger partial charge in [-0.1, -0.05) is 19.1 Å². The first-order valence-corrected chi connectivity index (χ1v) is 7.14. The number of likely N-dealkylation sites (N-methyl/N-ethyl adjacent to an activating group) is 1. The predicted octanol–water partition coefficient (Wildman–Crippen LogP) is 2.47. The first-order valence-electron chi connectivity index (χ1n) is 7.14. The van der Waals surface area contributed by atoms with Crippen LogP contribution in [0.2, 0.25) is 0 Å². The Balaban J connectivity index is 1.84. The van der Waals surface area contributed by atoms with Crippen molar-refractivity contribution in [2.75, 3.05) is 18.4 Å². The van der Waals surface area contributed by atoms with Gasteiger partial charge >= 0.3 is 0 Å². The maximum absolute atomic E-state index is 8.75. The third-order valence-electron chi connectivity index (χ3n) is 3.83. The van der Waals surface area contributed by atoms with Gasteiger partial charge in [0.2, 0.25) is 0 Å². The number of hydrogen-bond acceptors (Lipinski definition) is 5. The first kappa shape index (κ1) is 13.5. The van der Waals surface area contributed by atoms with E-state index in [-0.39, 0.29) is 0 Å². The van der Waals surface area contributed by atoms with Gasteiger partial charge < -0.3 is 5.32 Å². The van der Waals surface area contributed by atoms with Gasteiger partial charge in [-0.05, 0) is 42.3 Å². The number of fused-ring (bicyclic) bond motifs is 1. The second kappa shape index (κ2) is 5.90. The Hall–Kier alpha value is -2.45. The molecule has 2 heterocycles. The summed E-state index contributed by atoms with van der Waals surface area (Å²) in [6.07, 6.45) is 1.04. The van der Waals surface area contributed by atoms with Crippen LogP contribution >= 0.6 is 0 Å². The fraction of sp³-hybridized carbons (Fsp3) is 0.312. The van der Waals surface area contributed by atoms with Crippen molar-refractivity contribution in [3.8, 4) is 6.07 Å². The molecule has 1 aliphatic heterocycles. The van der Waals surface area contributed by atoms with Gasteiger partial charge in [-0.15, -0.1) is 10.2 Å². The highest BCUT2D eigenvalue weighted by Crippen LogP contribution is 2.27. The minimum atomic E-state index is 0.328. The van der Waals surface area contributed by atoms with Gasteiger partial charge in [0.1, 0.15) is 6.07 Å². The molecule has 0 saturated carbocycles. The Morgan fingerprint density at radius 1 is 1.29 bits per heavy atom. The molecule has 5 heteroatoms. The van der Waals surface area contributed by atoms with E-state index in [0.29, 0.717) is 11.5 Å². The molecule has 0 radical (unpaired) electrons. The molecule has 1 aromatic carbocycles. The normalized spacial score (nSPS) is 14.3. The lowest BCUT2D eigenvalue weighted by Crippen LogP contribution is -2.30. The molecule has 0 unspecified atom stereocenters. The van der Waals surface area contributed by atoms with Crippen molar-refractivity contribution in [3.63, 3.8) is 0 Å². The molecule has 3 rings (SSSR count). The van der Waals surface area contributed by atoms with Crippen LogP contribution in [0.3, 0.4) is 0 Å². The summed E-state index contributed by atoms with van der Waals surface area (Å²) in [4.78, 5) is 2.44. The molecular formula is C16H17N5. The van der Waals surface area contributed by atoms with Crippen LogP contribution in [0.15, 0.2) is 30.3 Å². The van der Waals surface area contributed by atoms with Gasteiger partial charge in [0.05, 0.1) is 0 Å². The first-order chi connectivity index (χ1) is 10.3. The Bertz CT molecular complexity index is 672. The highest BCUT2D eigenvalue weighted by Gasteiger charge is 2.17. The molecular weight excluding hydrogens is 262 g/mol. The van der Waals surface area contributed by atoms with Crippen LogP contribution in [-0.4, -0.2) is 28.2 Å². The van der Waals surface area contributed by atoms with Crippen molar-refractivity contribution < 1.29 is 0 Å². The van der Waals surface area contributed by atoms with Crippen LogP contribution in [0, 0.1) is 11.3 Å². The summed E-state index contributed by atoms with van der Waals surface area (Å²) in [7, 11) is 0. The maximum atomic E-state index is 8.75. The zero-order valence-electron chi connectivity index (χ0n) is 12.0. The predicted molar refractivity (Wildman–Crippen MR) is 81.1 cm³/mol. The molecule has 0 saturated heterocycles. The van der Waals surface area contributed by atoms with Crippen LogP contribution in [0.1, 0.15) is 23.7 Å². The Morgan fingerprint density at radius 3 is 2.90 bits per heavy atom. The lowest BCUT2D eigenvalue weighted by atomic mass is 9.98. The number of aromatic nitrogens is 2. The average Bonchev–Trinajstić information content (AvgIpc) is 2.55. The number of anilines is 2. The molecule has 0 fully saturated rings. The zero-order valence-corrected chi connectivity index (χ0v) is 12.0. The molecule has 1 N–H and O–H groups in total. The molecule has 21 heavy (non-hydrogen) atoms. The largest absolute Gasteiger partial charge is 0.338 e. The summed E-state index contributed by atoms with van der Waals surface area (Å²) in [5.74, 6) is 0.667. The fourth-order valence-corrected chi connectivity index (χ4v) is 2.65. The van der Waals surface area contributed by atoms with Crippen LogP contribution in [0.4, 0.5) is 11.5 Å². The van der Waals surface area contributed by atoms with Gasteiger partial charge in [0, 0.05) is 18.8 Å². The van der Waals surface area contributed by atoms with Crippen molar-refractivity contribution >= 4 is 11.5 Å². The quantitative estimate of drug-likeness (QED) is 0.935. The molecule has 1 aromatic heterocycles. The number of hydrogen-bond donors (Lipinski definition) is 1. The summed E-state index contributed by atoms with van der Waals surface area (Å²) in [6, 6.07) is 11.8. The number of nitrogens with one attached hydrogen (secondary N) is 1. The van der Waals surface area contributed by atoms with Crippen LogP contribution in [-0.2, 0) is 13.0 Å². The van der Waals surface area contributed by atoms with E-state index >= 15 is 0 Å². The number of rotatable bonds is 3. The van der Waals surface area contributed by atoms with Crippen molar-refractivity contribution in [1.29, 1.82) is 5.26 Å². The van der Waals surface area contributed by atoms with Gasteiger partial charge in [-0.25, -0.2) is 0 Å². The summed E-state index contributed by atoms with van der Waals surface area (Å²) in [6.45, 7) is 5.36. The van der Waals surface area contributed by atoms with E-state index in [1.807, 2.05) is 6.07 Å². The number of nitrogens with zero attached hydrogens (tertiary/aromatic N) is 4. The third-order valence-corrected chi connectivity index (χ3v) is 3.83. The van der Waals surface area contributed by atoms with E-state index < -0.39 is 0 Å². The summed E-state index contributed by atoms with van der Waals surface area (Å²) in [5, 5.41) is 19.9. The Kier molecular flexibility index (Phi) is 3.80. The molecule has 5 nitrogen and oxygen atoms in total. The molecule has 106 valence electrons. The summed E-state index contributed by atoms with van der Waals surface area (Å²) in [5.41, 5.74) is 4.14. The van der Waals surface area contributed by atoms with E-state index in [9.17, 15) is 0 Å². The van der Waals surface area contributed by atoms with Crippen LogP contribution < -0.4 is 5.32 Å². The second-order valence-electron chi connectivity index (χ2n) is 5.10. The third kappa shape index (κ3) is 2.86. The highest BCUT2D eigenvalue weighted by molar-refractivity contribution is 5.63. The smallest absolute Gasteiger partial charge is 0.163 e. The number of nitriles is 1. The van der Waals surface area contributed by atoms with Gasteiger partial charge in [-0.2, -0.15) is 5.26 Å². The minimum absolute atomic E-state index is 0.328. The number of benzene rings is 1. The standard InChI is InChI=1S/C16H17N5/c1-2-21-9-8-14-12(11-21)4-3-5-15(14)18-16-7-6-13(10-17)19-20-16/h3-7H,2,8-9,11H2,1H3,(H,18,20). The zero-order chi connectivity index (χ0) is 14.7. The van der Waals surface area contributed by atoms with Crippen molar-refractivity contribution in [3.05, 3.63) is 47.2 Å². The summed E-state index contributed by atoms with van der Waals surface area (Å²) >= 11 is 0. The molecule has 2 aromatic rings. The second-order valence-corrected chi connectivity index (χ2v) is 5.10. The van der Waals surface area contributed by atoms with Gasteiger partial charge in [0.15, 0.2) is 11.5 Å². The van der Waals surface area contributed by atoms with Crippen molar-refractivity contribution in [1.82, 2.24) is 15.1 Å². The van der Waals surface area contributed by atoms with Crippen LogP contribution in [0.25, 0.3) is 0 Å². The highest BCUT2D eigenvalue weighted by atomic mass is 15.2. The molecule has 0 aliphatic carbocycles. The van der Waals surface area contributed by atoms with Crippen molar-refractivity contribution in [2.45, 2.75) is 19.9 Å². The monoisotopic (exact) mass is 279 g/mol. The maximum Gasteiger partial charge on any atom is 0.163 e. The average molecular weight is 279 g/mol. The topological polar surface area (TPSA) is 64.8 Å². The molecule has 0 bridgehead atoms.